The number of fused-ring (bicyclic) bond motifs is 2. The van der Waals surface area contributed by atoms with E-state index in [0.29, 0.717) is 12.1 Å². The van der Waals surface area contributed by atoms with Gasteiger partial charge in [-0.3, -0.25) is 9.59 Å². The van der Waals surface area contributed by atoms with Crippen molar-refractivity contribution in [2.24, 2.45) is 5.73 Å². The Morgan fingerprint density at radius 1 is 0.711 bits per heavy atom. The van der Waals surface area contributed by atoms with Crippen molar-refractivity contribution >= 4 is 56.7 Å². The molecule has 4 rings (SSSR count). The van der Waals surface area contributed by atoms with E-state index in [1.54, 1.807) is 6.07 Å². The molecule has 0 radical (unpaired) electrons. The van der Waals surface area contributed by atoms with Crippen LogP contribution in [0.5, 0.6) is 0 Å². The van der Waals surface area contributed by atoms with Crippen LogP contribution in [0.4, 0.5) is 0 Å². The minimum Gasteiger partial charge on any atom is -0.351 e. The smallest absolute Gasteiger partial charge is 0.253 e. The number of hydrogen-bond acceptors (Lipinski definition) is 5. The fourth-order valence-corrected chi connectivity index (χ4v) is 3.73. The molecule has 0 atom stereocenters. The SMILES string of the molecule is CN(C)CCN.CN(C)CCNC(=O)c1cccc2ccccc12.Cl.O=C(Cl)c1cccc2ccccc12. The highest BCUT2D eigenvalue weighted by molar-refractivity contribution is 6.68. The lowest BCUT2D eigenvalue weighted by Crippen LogP contribution is -2.31. The van der Waals surface area contributed by atoms with Gasteiger partial charge in [0, 0.05) is 37.3 Å². The Kier molecular flexibility index (Phi) is 15.2. The van der Waals surface area contributed by atoms with Crippen molar-refractivity contribution < 1.29 is 9.59 Å². The van der Waals surface area contributed by atoms with E-state index in [9.17, 15) is 9.59 Å². The summed E-state index contributed by atoms with van der Waals surface area (Å²) in [5, 5.41) is 6.58. The van der Waals surface area contributed by atoms with Crippen LogP contribution in [0.2, 0.25) is 0 Å². The second-order valence-corrected chi connectivity index (χ2v) is 9.32. The first-order valence-electron chi connectivity index (χ1n) is 12.2. The summed E-state index contributed by atoms with van der Waals surface area (Å²) in [4.78, 5) is 27.2. The number of amides is 1. The highest BCUT2D eigenvalue weighted by Crippen LogP contribution is 2.20. The number of carbonyl (C=O) groups excluding carboxylic acids is 2. The van der Waals surface area contributed by atoms with Gasteiger partial charge in [-0.2, -0.15) is 0 Å². The molecule has 0 fully saturated rings. The van der Waals surface area contributed by atoms with Crippen molar-refractivity contribution in [2.45, 2.75) is 0 Å². The summed E-state index contributed by atoms with van der Waals surface area (Å²) in [6.07, 6.45) is 0. The fourth-order valence-electron chi connectivity index (χ4n) is 3.57. The second-order valence-electron chi connectivity index (χ2n) is 8.98. The molecule has 0 saturated carbocycles. The van der Waals surface area contributed by atoms with Crippen LogP contribution < -0.4 is 11.1 Å². The zero-order chi connectivity index (χ0) is 27.2. The second kappa shape index (κ2) is 17.5. The summed E-state index contributed by atoms with van der Waals surface area (Å²) in [7, 11) is 7.99. The summed E-state index contributed by atoms with van der Waals surface area (Å²) in [5.41, 5.74) is 6.50. The van der Waals surface area contributed by atoms with Gasteiger partial charge in [0.15, 0.2) is 0 Å². The largest absolute Gasteiger partial charge is 0.351 e. The van der Waals surface area contributed by atoms with E-state index in [0.717, 1.165) is 46.7 Å². The van der Waals surface area contributed by atoms with Crippen LogP contribution >= 0.6 is 24.0 Å². The standard InChI is InChI=1S/C15H18N2O.C11H7ClO.C4H12N2.ClH/c1-17(2)11-10-16-15(18)14-9-5-7-12-6-3-4-8-13(12)14;12-11(13)10-7-3-5-8-4-1-2-6-9(8)10;1-6(2)4-3-5;/h3-9H,10-11H2,1-2H3,(H,16,18);1-7H;3-5H2,1-2H3;1H. The van der Waals surface area contributed by atoms with Gasteiger partial charge in [0.25, 0.3) is 11.1 Å². The molecule has 0 aromatic heterocycles. The third-order valence-corrected chi connectivity index (χ3v) is 5.66. The Hall–Kier alpha value is -3.00. The van der Waals surface area contributed by atoms with Crippen LogP contribution in [-0.2, 0) is 0 Å². The Morgan fingerprint density at radius 3 is 1.61 bits per heavy atom. The topological polar surface area (TPSA) is 78.7 Å². The summed E-state index contributed by atoms with van der Waals surface area (Å²) >= 11 is 5.44. The molecule has 3 N–H and O–H groups in total. The van der Waals surface area contributed by atoms with Crippen LogP contribution in [0.1, 0.15) is 20.7 Å². The van der Waals surface area contributed by atoms with Crippen LogP contribution in [0.25, 0.3) is 21.5 Å². The van der Waals surface area contributed by atoms with Crippen LogP contribution in [0, 0.1) is 0 Å². The number of nitrogens with two attached hydrogens (primary N) is 1. The van der Waals surface area contributed by atoms with Gasteiger partial charge in [-0.05, 0) is 73.5 Å². The average molecular weight is 558 g/mol. The summed E-state index contributed by atoms with van der Waals surface area (Å²) in [5.74, 6) is -0.00588. The molecule has 204 valence electrons. The Bertz CT molecular complexity index is 1280. The van der Waals surface area contributed by atoms with E-state index in [1.807, 2.05) is 112 Å². The highest BCUT2D eigenvalue weighted by atomic mass is 35.5. The van der Waals surface area contributed by atoms with E-state index in [4.69, 9.17) is 17.3 Å². The summed E-state index contributed by atoms with van der Waals surface area (Å²) in [6.45, 7) is 3.25. The highest BCUT2D eigenvalue weighted by Gasteiger charge is 2.08. The lowest BCUT2D eigenvalue weighted by Gasteiger charge is -2.11. The molecule has 38 heavy (non-hydrogen) atoms. The Labute approximate surface area is 237 Å². The van der Waals surface area contributed by atoms with E-state index >= 15 is 0 Å². The number of benzene rings is 4. The molecule has 4 aromatic carbocycles. The predicted octanol–water partition coefficient (Wildman–Crippen LogP) is 5.28. The van der Waals surface area contributed by atoms with Crippen molar-refractivity contribution in [1.82, 2.24) is 15.1 Å². The zero-order valence-corrected chi connectivity index (χ0v) is 24.1. The number of halogens is 2. The monoisotopic (exact) mass is 556 g/mol. The number of nitrogens with zero attached hydrogens (tertiary/aromatic N) is 2. The fraction of sp³-hybridized carbons (Fsp3) is 0.267. The number of rotatable bonds is 7. The lowest BCUT2D eigenvalue weighted by atomic mass is 10.0. The van der Waals surface area contributed by atoms with E-state index in [-0.39, 0.29) is 18.3 Å². The molecule has 0 unspecified atom stereocenters. The summed E-state index contributed by atoms with van der Waals surface area (Å²) in [6, 6.07) is 27.0. The Morgan fingerprint density at radius 2 is 1.16 bits per heavy atom. The molecule has 0 spiro atoms. The maximum Gasteiger partial charge on any atom is 0.253 e. The number of hydrogen-bond donors (Lipinski definition) is 2. The van der Waals surface area contributed by atoms with Gasteiger partial charge in [0.2, 0.25) is 0 Å². The average Bonchev–Trinajstić information content (AvgIpc) is 2.88. The maximum absolute atomic E-state index is 12.1. The molecule has 4 aromatic rings. The van der Waals surface area contributed by atoms with E-state index in [1.165, 1.54) is 0 Å². The molecular formula is C30H38Cl2N4O2. The molecule has 0 aliphatic carbocycles. The molecule has 0 aliphatic rings. The molecule has 1 amide bonds. The molecular weight excluding hydrogens is 519 g/mol. The zero-order valence-electron chi connectivity index (χ0n) is 22.5. The van der Waals surface area contributed by atoms with Gasteiger partial charge < -0.3 is 20.9 Å². The van der Waals surface area contributed by atoms with Gasteiger partial charge in [-0.15, -0.1) is 12.4 Å². The predicted molar refractivity (Wildman–Crippen MR) is 164 cm³/mol. The van der Waals surface area contributed by atoms with Crippen molar-refractivity contribution in [3.05, 3.63) is 96.1 Å². The first-order valence-corrected chi connectivity index (χ1v) is 12.6. The molecule has 6 nitrogen and oxygen atoms in total. The van der Waals surface area contributed by atoms with Gasteiger partial charge in [0.05, 0.1) is 0 Å². The molecule has 0 aliphatic heterocycles. The first-order chi connectivity index (χ1) is 17.7. The molecule has 0 heterocycles. The number of nitrogens with one attached hydrogen (secondary N) is 1. The Balaban J connectivity index is 0.000000317. The van der Waals surface area contributed by atoms with Crippen LogP contribution in [0.15, 0.2) is 84.9 Å². The van der Waals surface area contributed by atoms with Crippen molar-refractivity contribution in [2.75, 3.05) is 54.4 Å². The maximum atomic E-state index is 12.1. The van der Waals surface area contributed by atoms with Gasteiger partial charge >= 0.3 is 0 Å². The third-order valence-electron chi connectivity index (χ3n) is 5.46. The molecule has 0 bridgehead atoms. The molecule has 0 saturated heterocycles. The molecule has 8 heteroatoms. The lowest BCUT2D eigenvalue weighted by molar-refractivity contribution is 0.0952. The third kappa shape index (κ3) is 10.8. The van der Waals surface area contributed by atoms with Gasteiger partial charge in [-0.1, -0.05) is 72.8 Å². The summed E-state index contributed by atoms with van der Waals surface area (Å²) < 4.78 is 0. The van der Waals surface area contributed by atoms with Crippen molar-refractivity contribution in [1.29, 1.82) is 0 Å². The minimum absolute atomic E-state index is 0. The van der Waals surface area contributed by atoms with E-state index < -0.39 is 5.24 Å². The van der Waals surface area contributed by atoms with Crippen LogP contribution in [0.3, 0.4) is 0 Å². The number of likely N-dealkylation sites (N-methyl/N-ethyl adjacent to an activating group) is 2. The van der Waals surface area contributed by atoms with Crippen molar-refractivity contribution in [3.63, 3.8) is 0 Å². The van der Waals surface area contributed by atoms with Gasteiger partial charge in [0.1, 0.15) is 0 Å². The normalized spacial score (nSPS) is 10.2. The number of carbonyl (C=O) groups is 2. The van der Waals surface area contributed by atoms with Gasteiger partial charge in [-0.25, -0.2) is 0 Å². The first kappa shape index (κ1) is 33.0. The van der Waals surface area contributed by atoms with E-state index in [2.05, 4.69) is 10.2 Å². The van der Waals surface area contributed by atoms with Crippen molar-refractivity contribution in [3.8, 4) is 0 Å². The quantitative estimate of drug-likeness (QED) is 0.303. The minimum atomic E-state index is -0.406. The van der Waals surface area contributed by atoms with Crippen LogP contribution in [-0.4, -0.2) is 75.3 Å².